The first kappa shape index (κ1) is 22.5. The molecule has 13 heteroatoms. The number of amides is 1. The average Bonchev–Trinajstić information content (AvgIpc) is 3.50. The van der Waals surface area contributed by atoms with E-state index in [1.807, 2.05) is 12.1 Å². The van der Waals surface area contributed by atoms with Crippen LogP contribution in [0.4, 0.5) is 23.5 Å². The van der Waals surface area contributed by atoms with Crippen LogP contribution in [0.2, 0.25) is 5.02 Å². The maximum atomic E-state index is 13.1. The lowest BCUT2D eigenvalue weighted by Gasteiger charge is -2.04. The molecule has 0 aliphatic carbocycles. The van der Waals surface area contributed by atoms with Gasteiger partial charge in [0, 0.05) is 5.02 Å². The highest BCUT2D eigenvalue weighted by atomic mass is 35.5. The number of anilines is 1. The second-order valence-corrected chi connectivity index (χ2v) is 7.30. The number of nitrogens with zero attached hydrogens (tertiary/aromatic N) is 5. The molecule has 0 saturated heterocycles. The quantitative estimate of drug-likeness (QED) is 0.359. The average molecular weight is 483 g/mol. The van der Waals surface area contributed by atoms with Gasteiger partial charge in [-0.3, -0.25) is 14.8 Å². The topological polar surface area (TPSA) is 90.8 Å². The van der Waals surface area contributed by atoms with Gasteiger partial charge in [0.2, 0.25) is 5.95 Å². The largest absolute Gasteiger partial charge is 0.454 e. The molecule has 0 fully saturated rings. The van der Waals surface area contributed by atoms with Crippen molar-refractivity contribution in [2.45, 2.75) is 25.9 Å². The summed E-state index contributed by atoms with van der Waals surface area (Å²) in [4.78, 5) is 16.4. The molecule has 1 amide bonds. The summed E-state index contributed by atoms with van der Waals surface area (Å²) in [6, 6.07) is 10.5. The molecular formula is C20H15ClF4N6O2. The molecule has 172 valence electrons. The van der Waals surface area contributed by atoms with Crippen molar-refractivity contribution in [2.24, 2.45) is 0 Å². The molecular weight excluding hydrogens is 468 g/mol. The molecule has 0 aliphatic rings. The summed E-state index contributed by atoms with van der Waals surface area (Å²) in [5, 5.41) is 10.7. The van der Waals surface area contributed by atoms with Crippen molar-refractivity contribution < 1.29 is 26.8 Å². The predicted molar refractivity (Wildman–Crippen MR) is 108 cm³/mol. The molecule has 8 nitrogen and oxygen atoms in total. The van der Waals surface area contributed by atoms with Crippen molar-refractivity contribution in [1.29, 1.82) is 0 Å². The number of rotatable bonds is 8. The van der Waals surface area contributed by atoms with Crippen molar-refractivity contribution in [3.63, 3.8) is 0 Å². The van der Waals surface area contributed by atoms with Gasteiger partial charge >= 0.3 is 0 Å². The molecule has 0 bridgehead atoms. The molecule has 3 heterocycles. The summed E-state index contributed by atoms with van der Waals surface area (Å²) in [6.07, 6.45) is -4.56. The van der Waals surface area contributed by atoms with E-state index in [0.717, 1.165) is 5.56 Å². The van der Waals surface area contributed by atoms with Crippen LogP contribution in [0.25, 0.3) is 0 Å². The van der Waals surface area contributed by atoms with Gasteiger partial charge in [-0.25, -0.2) is 27.2 Å². The van der Waals surface area contributed by atoms with Gasteiger partial charge in [0.15, 0.2) is 5.76 Å². The van der Waals surface area contributed by atoms with Crippen molar-refractivity contribution in [1.82, 2.24) is 24.5 Å². The number of furan rings is 1. The van der Waals surface area contributed by atoms with E-state index >= 15 is 0 Å². The Morgan fingerprint density at radius 1 is 1.03 bits per heavy atom. The molecule has 4 aromatic rings. The Labute approximate surface area is 188 Å². The van der Waals surface area contributed by atoms with Gasteiger partial charge in [-0.2, -0.15) is 5.10 Å². The number of nitrogens with one attached hydrogen (secondary N) is 1. The number of hydrogen-bond acceptors (Lipinski definition) is 5. The minimum Gasteiger partial charge on any atom is -0.454 e. The smallest absolute Gasteiger partial charge is 0.293 e. The van der Waals surface area contributed by atoms with Gasteiger partial charge in [-0.05, 0) is 35.9 Å². The monoisotopic (exact) mass is 482 g/mol. The first-order valence-corrected chi connectivity index (χ1v) is 9.84. The molecule has 0 radical (unpaired) electrons. The minimum atomic E-state index is -3.00. The molecule has 0 atom stereocenters. The summed E-state index contributed by atoms with van der Waals surface area (Å²) in [6.45, 7) is 0.0511. The van der Waals surface area contributed by atoms with Crippen LogP contribution < -0.4 is 5.32 Å². The zero-order chi connectivity index (χ0) is 23.5. The molecule has 4 rings (SSSR count). The van der Waals surface area contributed by atoms with E-state index in [9.17, 15) is 22.4 Å². The van der Waals surface area contributed by atoms with Gasteiger partial charge in [-0.15, -0.1) is 5.10 Å². The number of aromatic nitrogens is 5. The van der Waals surface area contributed by atoms with E-state index in [1.165, 1.54) is 23.1 Å². The van der Waals surface area contributed by atoms with E-state index in [-0.39, 0.29) is 24.0 Å². The van der Waals surface area contributed by atoms with Gasteiger partial charge in [-0.1, -0.05) is 23.7 Å². The zero-order valence-corrected chi connectivity index (χ0v) is 17.4. The van der Waals surface area contributed by atoms with Gasteiger partial charge in [0.25, 0.3) is 18.8 Å². The first-order valence-electron chi connectivity index (χ1n) is 9.46. The third kappa shape index (κ3) is 5.40. The van der Waals surface area contributed by atoms with Gasteiger partial charge in [0.05, 0.1) is 13.1 Å². The van der Waals surface area contributed by atoms with Crippen molar-refractivity contribution >= 4 is 23.5 Å². The Bertz CT molecular complexity index is 1250. The lowest BCUT2D eigenvalue weighted by molar-refractivity contribution is 0.0993. The highest BCUT2D eigenvalue weighted by Gasteiger charge is 2.22. The number of carbonyl (C=O) groups excluding carboxylic acids is 1. The highest BCUT2D eigenvalue weighted by Crippen LogP contribution is 2.26. The molecule has 1 N–H and O–H groups in total. The minimum absolute atomic E-state index is 0.0283. The van der Waals surface area contributed by atoms with Crippen LogP contribution in [0.5, 0.6) is 0 Å². The number of benzene rings is 1. The molecule has 0 aliphatic heterocycles. The summed E-state index contributed by atoms with van der Waals surface area (Å²) < 4.78 is 59.4. The third-order valence-corrected chi connectivity index (χ3v) is 4.74. The van der Waals surface area contributed by atoms with Gasteiger partial charge in [0.1, 0.15) is 23.5 Å². The maximum Gasteiger partial charge on any atom is 0.293 e. The normalized spacial score (nSPS) is 11.5. The van der Waals surface area contributed by atoms with Crippen LogP contribution in [0, 0.1) is 0 Å². The highest BCUT2D eigenvalue weighted by molar-refractivity contribution is 6.30. The van der Waals surface area contributed by atoms with Crippen LogP contribution in [0.1, 0.15) is 46.1 Å². The van der Waals surface area contributed by atoms with E-state index < -0.39 is 30.1 Å². The van der Waals surface area contributed by atoms with Crippen LogP contribution in [0.3, 0.4) is 0 Å². The number of hydrogen-bond donors (Lipinski definition) is 1. The number of carbonyl (C=O) groups is 1. The summed E-state index contributed by atoms with van der Waals surface area (Å²) in [5.74, 6) is -0.708. The van der Waals surface area contributed by atoms with Crippen LogP contribution >= 0.6 is 11.6 Å². The molecule has 1 aromatic carbocycles. The summed E-state index contributed by atoms with van der Waals surface area (Å²) >= 11 is 5.86. The predicted octanol–water partition coefficient (Wildman–Crippen LogP) is 4.95. The van der Waals surface area contributed by atoms with Crippen LogP contribution in [-0.2, 0) is 13.1 Å². The SMILES string of the molecule is O=C(Nc1ncn(Cc2ccc(Cl)cc2)n1)c1ccc(Cn2nc(C(F)F)cc2C(F)F)o1. The van der Waals surface area contributed by atoms with Crippen molar-refractivity contribution in [2.75, 3.05) is 5.32 Å². The Hall–Kier alpha value is -3.67. The Kier molecular flexibility index (Phi) is 6.45. The van der Waals surface area contributed by atoms with Crippen molar-refractivity contribution in [3.05, 3.63) is 82.3 Å². The van der Waals surface area contributed by atoms with Crippen LogP contribution in [0.15, 0.2) is 53.2 Å². The second kappa shape index (κ2) is 9.45. The summed E-state index contributed by atoms with van der Waals surface area (Å²) in [7, 11) is 0. The second-order valence-electron chi connectivity index (χ2n) is 6.87. The van der Waals surface area contributed by atoms with E-state index in [4.69, 9.17) is 16.0 Å². The van der Waals surface area contributed by atoms with E-state index in [0.29, 0.717) is 22.3 Å². The Morgan fingerprint density at radius 2 is 1.79 bits per heavy atom. The lowest BCUT2D eigenvalue weighted by atomic mass is 10.2. The maximum absolute atomic E-state index is 13.1. The fraction of sp³-hybridized carbons (Fsp3) is 0.200. The standard InChI is InChI=1S/C20H15ClF4N6O2/c21-12-3-1-11(2-4-12)8-30-10-26-20(29-30)27-19(32)16-6-5-13(33-16)9-31-15(18(24)25)7-14(28-31)17(22)23/h1-7,10,17-18H,8-9H2,(H,27,29,32). The first-order chi connectivity index (χ1) is 15.8. The fourth-order valence-corrected chi connectivity index (χ4v) is 3.09. The molecule has 33 heavy (non-hydrogen) atoms. The number of halogens is 5. The third-order valence-electron chi connectivity index (χ3n) is 4.49. The van der Waals surface area contributed by atoms with Crippen molar-refractivity contribution in [3.8, 4) is 0 Å². The Balaban J connectivity index is 1.41. The zero-order valence-electron chi connectivity index (χ0n) is 16.6. The van der Waals surface area contributed by atoms with Gasteiger partial charge < -0.3 is 4.42 Å². The van der Waals surface area contributed by atoms with Crippen LogP contribution in [-0.4, -0.2) is 30.5 Å². The Morgan fingerprint density at radius 3 is 2.48 bits per heavy atom. The van der Waals surface area contributed by atoms with E-state index in [1.54, 1.807) is 12.1 Å². The lowest BCUT2D eigenvalue weighted by Crippen LogP contribution is -2.13. The molecule has 0 saturated carbocycles. The fourth-order valence-electron chi connectivity index (χ4n) is 2.96. The molecule has 0 spiro atoms. The molecule has 3 aromatic heterocycles. The number of alkyl halides is 4. The molecule has 0 unspecified atom stereocenters. The van der Waals surface area contributed by atoms with E-state index in [2.05, 4.69) is 20.5 Å². The summed E-state index contributed by atoms with van der Waals surface area (Å²) in [5.41, 5.74) is -0.521.